The van der Waals surface area contributed by atoms with E-state index in [1.54, 1.807) is 7.05 Å². The molecule has 0 spiro atoms. The summed E-state index contributed by atoms with van der Waals surface area (Å²) in [6, 6.07) is 0. The number of guanidine groups is 1. The van der Waals surface area contributed by atoms with Crippen molar-refractivity contribution in [2.24, 2.45) is 17.5 Å². The zero-order valence-corrected chi connectivity index (χ0v) is 15.6. The number of rotatable bonds is 8. The fraction of sp³-hybridized carbons (Fsp3) is 0.824. The van der Waals surface area contributed by atoms with Crippen molar-refractivity contribution in [1.29, 1.82) is 0 Å². The van der Waals surface area contributed by atoms with E-state index >= 15 is 0 Å². The Kier molecular flexibility index (Phi) is 7.02. The number of aromatic nitrogens is 3. The third-order valence-corrected chi connectivity index (χ3v) is 5.10. The van der Waals surface area contributed by atoms with Gasteiger partial charge >= 0.3 is 0 Å². The number of hydrogen-bond donors (Lipinski definition) is 2. The molecule has 0 amide bonds. The van der Waals surface area contributed by atoms with Crippen molar-refractivity contribution >= 4 is 5.96 Å². The largest absolute Gasteiger partial charge is 0.382 e. The van der Waals surface area contributed by atoms with Gasteiger partial charge in [0, 0.05) is 33.9 Å². The molecule has 0 radical (unpaired) electrons. The van der Waals surface area contributed by atoms with Gasteiger partial charge in [0.15, 0.2) is 11.8 Å². The molecule has 1 heterocycles. The van der Waals surface area contributed by atoms with Crippen molar-refractivity contribution in [3.63, 3.8) is 0 Å². The third-order valence-electron chi connectivity index (χ3n) is 5.10. The Labute approximate surface area is 145 Å². The maximum Gasteiger partial charge on any atom is 0.191 e. The Morgan fingerprint density at radius 3 is 2.62 bits per heavy atom. The molecule has 0 atom stereocenters. The minimum Gasteiger partial charge on any atom is -0.382 e. The van der Waals surface area contributed by atoms with Gasteiger partial charge in [0.25, 0.3) is 0 Å². The minimum absolute atomic E-state index is 0.341. The van der Waals surface area contributed by atoms with Crippen LogP contribution in [0.25, 0.3) is 0 Å². The standard InChI is InChI=1S/C17H32N6O/c1-5-24-11-10-17(8-6-7-9-17)13-20-16(18-3)19-12-15-22-21-14(2)23(15)4/h5-13H2,1-4H3,(H2,18,19,20). The minimum atomic E-state index is 0.341. The Morgan fingerprint density at radius 1 is 1.29 bits per heavy atom. The molecule has 7 nitrogen and oxygen atoms in total. The molecule has 7 heteroatoms. The van der Waals surface area contributed by atoms with Gasteiger partial charge in [-0.15, -0.1) is 10.2 Å². The molecular formula is C17H32N6O. The van der Waals surface area contributed by atoms with Gasteiger partial charge in [-0.1, -0.05) is 12.8 Å². The van der Waals surface area contributed by atoms with Gasteiger partial charge in [0.2, 0.25) is 0 Å². The topological polar surface area (TPSA) is 76.4 Å². The first-order valence-corrected chi connectivity index (χ1v) is 8.97. The zero-order valence-electron chi connectivity index (χ0n) is 15.6. The highest BCUT2D eigenvalue weighted by Crippen LogP contribution is 2.40. The van der Waals surface area contributed by atoms with Gasteiger partial charge in [-0.05, 0) is 38.5 Å². The molecule has 24 heavy (non-hydrogen) atoms. The van der Waals surface area contributed by atoms with Gasteiger partial charge in [0.05, 0.1) is 6.54 Å². The van der Waals surface area contributed by atoms with Crippen molar-refractivity contribution in [2.45, 2.75) is 52.5 Å². The SMILES string of the molecule is CCOCCC1(CNC(=NC)NCc2nnc(C)n2C)CCCC1. The molecule has 2 rings (SSSR count). The highest BCUT2D eigenvalue weighted by molar-refractivity contribution is 5.79. The number of ether oxygens (including phenoxy) is 1. The van der Waals surface area contributed by atoms with Crippen LogP contribution in [-0.4, -0.2) is 47.5 Å². The molecule has 1 fully saturated rings. The number of aryl methyl sites for hydroxylation is 1. The summed E-state index contributed by atoms with van der Waals surface area (Å²) in [4.78, 5) is 4.33. The van der Waals surface area contributed by atoms with Crippen molar-refractivity contribution in [3.8, 4) is 0 Å². The molecule has 0 saturated heterocycles. The first-order chi connectivity index (χ1) is 11.6. The second-order valence-corrected chi connectivity index (χ2v) is 6.66. The van der Waals surface area contributed by atoms with Gasteiger partial charge in [0.1, 0.15) is 5.82 Å². The lowest BCUT2D eigenvalue weighted by molar-refractivity contribution is 0.105. The maximum atomic E-state index is 5.58. The van der Waals surface area contributed by atoms with Gasteiger partial charge in [-0.25, -0.2) is 0 Å². The molecular weight excluding hydrogens is 304 g/mol. The molecule has 2 N–H and O–H groups in total. The molecule has 0 aliphatic heterocycles. The van der Waals surface area contributed by atoms with Gasteiger partial charge < -0.3 is 19.9 Å². The maximum absolute atomic E-state index is 5.58. The van der Waals surface area contributed by atoms with Crippen LogP contribution >= 0.6 is 0 Å². The number of aliphatic imine (C=N–C) groups is 1. The lowest BCUT2D eigenvalue weighted by atomic mass is 9.83. The van der Waals surface area contributed by atoms with E-state index in [4.69, 9.17) is 4.74 Å². The van der Waals surface area contributed by atoms with Crippen LogP contribution in [0.4, 0.5) is 0 Å². The Bertz CT molecular complexity index is 533. The summed E-state index contributed by atoms with van der Waals surface area (Å²) in [5, 5.41) is 15.1. The van der Waals surface area contributed by atoms with E-state index in [1.807, 2.05) is 18.5 Å². The van der Waals surface area contributed by atoms with Crippen LogP contribution in [0.15, 0.2) is 4.99 Å². The fourth-order valence-electron chi connectivity index (χ4n) is 3.33. The van der Waals surface area contributed by atoms with Crippen LogP contribution in [0.5, 0.6) is 0 Å². The van der Waals surface area contributed by atoms with Crippen LogP contribution in [0.3, 0.4) is 0 Å². The van der Waals surface area contributed by atoms with E-state index in [0.29, 0.717) is 12.0 Å². The summed E-state index contributed by atoms with van der Waals surface area (Å²) in [5.41, 5.74) is 0.341. The van der Waals surface area contributed by atoms with Crippen LogP contribution < -0.4 is 10.6 Å². The van der Waals surface area contributed by atoms with Crippen LogP contribution in [0.1, 0.15) is 50.7 Å². The lowest BCUT2D eigenvalue weighted by Crippen LogP contribution is -2.43. The van der Waals surface area contributed by atoms with Crippen molar-refractivity contribution in [3.05, 3.63) is 11.6 Å². The second-order valence-electron chi connectivity index (χ2n) is 6.66. The summed E-state index contributed by atoms with van der Waals surface area (Å²) >= 11 is 0. The normalized spacial score (nSPS) is 17.2. The van der Waals surface area contributed by atoms with Crippen LogP contribution in [0.2, 0.25) is 0 Å². The quantitative estimate of drug-likeness (QED) is 0.430. The second kappa shape index (κ2) is 9.01. The summed E-state index contributed by atoms with van der Waals surface area (Å²) in [6.07, 6.45) is 6.29. The molecule has 1 aliphatic carbocycles. The molecule has 1 saturated carbocycles. The summed E-state index contributed by atoms with van der Waals surface area (Å²) < 4.78 is 7.57. The predicted octanol–water partition coefficient (Wildman–Crippen LogP) is 1.78. The predicted molar refractivity (Wildman–Crippen MR) is 96.0 cm³/mol. The average molecular weight is 336 g/mol. The lowest BCUT2D eigenvalue weighted by Gasteiger charge is -2.30. The van der Waals surface area contributed by atoms with E-state index in [9.17, 15) is 0 Å². The van der Waals surface area contributed by atoms with Crippen molar-refractivity contribution < 1.29 is 4.74 Å². The Hall–Kier alpha value is -1.63. The molecule has 0 bridgehead atoms. The molecule has 0 unspecified atom stereocenters. The van der Waals surface area contributed by atoms with E-state index in [1.165, 1.54) is 25.7 Å². The number of hydrogen-bond acceptors (Lipinski definition) is 4. The van der Waals surface area contributed by atoms with Crippen molar-refractivity contribution in [1.82, 2.24) is 25.4 Å². The monoisotopic (exact) mass is 336 g/mol. The van der Waals surface area contributed by atoms with Crippen LogP contribution in [-0.2, 0) is 18.3 Å². The smallest absolute Gasteiger partial charge is 0.191 e. The molecule has 1 aromatic rings. The summed E-state index contributed by atoms with van der Waals surface area (Å²) in [6.45, 7) is 7.21. The van der Waals surface area contributed by atoms with Gasteiger partial charge in [-0.3, -0.25) is 4.99 Å². The molecule has 1 aromatic heterocycles. The van der Waals surface area contributed by atoms with Crippen molar-refractivity contribution in [2.75, 3.05) is 26.8 Å². The molecule has 136 valence electrons. The zero-order chi connectivity index (χ0) is 17.4. The highest BCUT2D eigenvalue weighted by Gasteiger charge is 2.33. The number of nitrogens with zero attached hydrogens (tertiary/aromatic N) is 4. The van der Waals surface area contributed by atoms with Crippen LogP contribution in [0, 0.1) is 12.3 Å². The third kappa shape index (κ3) is 4.93. The molecule has 0 aromatic carbocycles. The summed E-state index contributed by atoms with van der Waals surface area (Å²) in [7, 11) is 3.78. The van der Waals surface area contributed by atoms with E-state index in [-0.39, 0.29) is 0 Å². The van der Waals surface area contributed by atoms with E-state index in [2.05, 4.69) is 32.7 Å². The Balaban J connectivity index is 1.84. The van der Waals surface area contributed by atoms with E-state index < -0.39 is 0 Å². The molecule has 1 aliphatic rings. The van der Waals surface area contributed by atoms with Gasteiger partial charge in [-0.2, -0.15) is 0 Å². The highest BCUT2D eigenvalue weighted by atomic mass is 16.5. The number of nitrogens with one attached hydrogen (secondary N) is 2. The summed E-state index contributed by atoms with van der Waals surface area (Å²) in [5.74, 6) is 2.64. The average Bonchev–Trinajstić information content (AvgIpc) is 3.17. The first kappa shape index (κ1) is 18.7. The van der Waals surface area contributed by atoms with E-state index in [0.717, 1.165) is 43.8 Å². The fourth-order valence-corrected chi connectivity index (χ4v) is 3.33. The Morgan fingerprint density at radius 2 is 2.04 bits per heavy atom. The first-order valence-electron chi connectivity index (χ1n) is 8.97.